The molecule has 0 amide bonds. The van der Waals surface area contributed by atoms with E-state index in [-0.39, 0.29) is 18.6 Å². The van der Waals surface area contributed by atoms with Crippen molar-refractivity contribution in [1.82, 2.24) is 0 Å². The predicted molar refractivity (Wildman–Crippen MR) is 107 cm³/mol. The molecule has 0 radical (unpaired) electrons. The molecule has 0 bridgehead atoms. The molecule has 144 valence electrons. The Morgan fingerprint density at radius 3 is 1.89 bits per heavy atom. The van der Waals surface area contributed by atoms with Gasteiger partial charge in [-0.3, -0.25) is 4.79 Å². The lowest BCUT2D eigenvalue weighted by Crippen LogP contribution is -2.35. The van der Waals surface area contributed by atoms with Crippen LogP contribution in [0.25, 0.3) is 0 Å². The summed E-state index contributed by atoms with van der Waals surface area (Å²) in [5.74, 6) is -0.375. The third-order valence-electron chi connectivity index (χ3n) is 3.81. The zero-order valence-electron chi connectivity index (χ0n) is 16.6. The number of rotatable bonds is 7. The van der Waals surface area contributed by atoms with E-state index in [1.54, 1.807) is 48.5 Å². The molecule has 2 rings (SSSR count). The number of ether oxygens (including phenoxy) is 1. The molecule has 0 aliphatic rings. The smallest absolute Gasteiger partial charge is 0.198 e. The van der Waals surface area contributed by atoms with Crippen LogP contribution in [0.4, 0.5) is 0 Å². The summed E-state index contributed by atoms with van der Waals surface area (Å²) in [5, 5.41) is 19.6. The molecule has 0 fully saturated rings. The van der Waals surface area contributed by atoms with Crippen LogP contribution in [0, 0.1) is 11.3 Å². The van der Waals surface area contributed by atoms with Gasteiger partial charge in [0, 0.05) is 18.4 Å². The molecule has 27 heavy (non-hydrogen) atoms. The van der Waals surface area contributed by atoms with Crippen LogP contribution in [0.2, 0.25) is 0 Å². The minimum absolute atomic E-state index is 0.0846. The van der Waals surface area contributed by atoms with Gasteiger partial charge in [0.05, 0.1) is 18.3 Å². The highest BCUT2D eigenvalue weighted by atomic mass is 16.5. The second-order valence-electron chi connectivity index (χ2n) is 6.81. The molecule has 4 heteroatoms. The molecule has 4 nitrogen and oxygen atoms in total. The van der Waals surface area contributed by atoms with Gasteiger partial charge in [0.1, 0.15) is 0 Å². The Bertz CT molecular complexity index is 714. The molecule has 0 spiro atoms. The molecule has 0 saturated carbocycles. The van der Waals surface area contributed by atoms with Crippen molar-refractivity contribution in [3.8, 4) is 6.07 Å². The maximum absolute atomic E-state index is 12.6. The topological polar surface area (TPSA) is 70.3 Å². The number of hydrogen-bond donors (Lipinski definition) is 1. The number of benzene rings is 2. The van der Waals surface area contributed by atoms with Crippen molar-refractivity contribution in [2.24, 2.45) is 0 Å². The Kier molecular flexibility index (Phi) is 9.42. The lowest BCUT2D eigenvalue weighted by atomic mass is 9.82. The number of nitrogens with zero attached hydrogens (tertiary/aromatic N) is 1. The van der Waals surface area contributed by atoms with Crippen LogP contribution in [0.1, 0.15) is 56.5 Å². The van der Waals surface area contributed by atoms with Crippen LogP contribution in [0.5, 0.6) is 0 Å². The third-order valence-corrected chi connectivity index (χ3v) is 3.81. The Morgan fingerprint density at radius 2 is 1.48 bits per heavy atom. The zero-order valence-corrected chi connectivity index (χ0v) is 16.6. The SMILES string of the molecule is CC(C)OC(C)C.N#CCCC(O)(C(=O)c1ccccc1)c1ccccc1. The fourth-order valence-corrected chi connectivity index (χ4v) is 2.71. The first-order valence-corrected chi connectivity index (χ1v) is 9.21. The number of carbonyl (C=O) groups excluding carboxylic acids is 1. The van der Waals surface area contributed by atoms with Gasteiger partial charge in [-0.1, -0.05) is 60.7 Å². The van der Waals surface area contributed by atoms with Gasteiger partial charge >= 0.3 is 0 Å². The van der Waals surface area contributed by atoms with Crippen LogP contribution in [-0.2, 0) is 10.3 Å². The van der Waals surface area contributed by atoms with E-state index in [1.807, 2.05) is 45.9 Å². The van der Waals surface area contributed by atoms with Crippen molar-refractivity contribution in [3.63, 3.8) is 0 Å². The molecule has 0 aliphatic heterocycles. The molecule has 0 aromatic heterocycles. The molecule has 0 heterocycles. The van der Waals surface area contributed by atoms with Crippen molar-refractivity contribution >= 4 is 5.78 Å². The quantitative estimate of drug-likeness (QED) is 0.708. The molecule has 2 aromatic rings. The molecule has 1 atom stereocenters. The first-order valence-electron chi connectivity index (χ1n) is 9.21. The predicted octanol–water partition coefficient (Wildman–Crippen LogP) is 4.88. The maximum Gasteiger partial charge on any atom is 0.198 e. The van der Waals surface area contributed by atoms with Gasteiger partial charge in [-0.2, -0.15) is 5.26 Å². The summed E-state index contributed by atoms with van der Waals surface area (Å²) in [5.41, 5.74) is -0.695. The summed E-state index contributed by atoms with van der Waals surface area (Å²) in [7, 11) is 0. The maximum atomic E-state index is 12.6. The molecule has 2 aromatic carbocycles. The van der Waals surface area contributed by atoms with Crippen molar-refractivity contribution in [2.75, 3.05) is 0 Å². The number of hydrogen-bond acceptors (Lipinski definition) is 4. The second kappa shape index (κ2) is 11.3. The normalized spacial score (nSPS) is 12.7. The van der Waals surface area contributed by atoms with Crippen LogP contribution < -0.4 is 0 Å². The first kappa shape index (κ1) is 22.6. The van der Waals surface area contributed by atoms with E-state index in [0.717, 1.165) is 0 Å². The van der Waals surface area contributed by atoms with E-state index in [1.165, 1.54) is 0 Å². The Hall–Kier alpha value is -2.48. The van der Waals surface area contributed by atoms with Crippen LogP contribution in [0.15, 0.2) is 60.7 Å². The Balaban J connectivity index is 0.000000445. The lowest BCUT2D eigenvalue weighted by molar-refractivity contribution is 0.0258. The highest BCUT2D eigenvalue weighted by Gasteiger charge is 2.37. The minimum atomic E-state index is -1.65. The number of ketones is 1. The van der Waals surface area contributed by atoms with Gasteiger partial charge in [0.15, 0.2) is 11.4 Å². The van der Waals surface area contributed by atoms with E-state index < -0.39 is 5.60 Å². The van der Waals surface area contributed by atoms with Gasteiger partial charge < -0.3 is 9.84 Å². The third kappa shape index (κ3) is 7.34. The summed E-state index contributed by atoms with van der Waals surface area (Å²) < 4.78 is 5.25. The number of aliphatic hydroxyl groups is 1. The summed E-state index contributed by atoms with van der Waals surface area (Å²) in [6.45, 7) is 8.17. The van der Waals surface area contributed by atoms with Crippen molar-refractivity contribution in [1.29, 1.82) is 5.26 Å². The first-order chi connectivity index (χ1) is 12.8. The molecule has 1 unspecified atom stereocenters. The minimum Gasteiger partial charge on any atom is -0.377 e. The van der Waals surface area contributed by atoms with Crippen LogP contribution >= 0.6 is 0 Å². The zero-order chi connectivity index (χ0) is 20.3. The average Bonchev–Trinajstić information content (AvgIpc) is 2.66. The fourth-order valence-electron chi connectivity index (χ4n) is 2.71. The molecular formula is C23H29NO3. The molecular weight excluding hydrogens is 338 g/mol. The van der Waals surface area contributed by atoms with E-state index >= 15 is 0 Å². The Morgan fingerprint density at radius 1 is 1.00 bits per heavy atom. The molecule has 0 aliphatic carbocycles. The van der Waals surface area contributed by atoms with Crippen molar-refractivity contribution in [3.05, 3.63) is 71.8 Å². The summed E-state index contributed by atoms with van der Waals surface area (Å²) in [6.07, 6.45) is 0.950. The second-order valence-corrected chi connectivity index (χ2v) is 6.81. The summed E-state index contributed by atoms with van der Waals surface area (Å²) in [4.78, 5) is 12.6. The van der Waals surface area contributed by atoms with E-state index in [9.17, 15) is 9.90 Å². The van der Waals surface area contributed by atoms with Crippen molar-refractivity contribution < 1.29 is 14.6 Å². The fraction of sp³-hybridized carbons (Fsp3) is 0.391. The highest BCUT2D eigenvalue weighted by Crippen LogP contribution is 2.30. The molecule has 0 saturated heterocycles. The van der Waals surface area contributed by atoms with Gasteiger partial charge in [-0.25, -0.2) is 0 Å². The van der Waals surface area contributed by atoms with Crippen LogP contribution in [0.3, 0.4) is 0 Å². The lowest BCUT2D eigenvalue weighted by Gasteiger charge is -2.26. The van der Waals surface area contributed by atoms with Crippen LogP contribution in [-0.4, -0.2) is 23.1 Å². The monoisotopic (exact) mass is 367 g/mol. The summed E-state index contributed by atoms with van der Waals surface area (Å²) in [6, 6.07) is 19.4. The standard InChI is InChI=1S/C17H15NO2.C6H14O/c18-13-7-12-17(20,15-10-5-2-6-11-15)16(19)14-8-3-1-4-9-14;1-5(2)7-6(3)4/h1-6,8-11,20H,7,12H2;5-6H,1-4H3. The van der Waals surface area contributed by atoms with Gasteiger partial charge in [0.25, 0.3) is 0 Å². The van der Waals surface area contributed by atoms with Crippen molar-refractivity contribution in [2.45, 2.75) is 58.3 Å². The molecule has 1 N–H and O–H groups in total. The average molecular weight is 367 g/mol. The largest absolute Gasteiger partial charge is 0.377 e. The van der Waals surface area contributed by atoms with E-state index in [2.05, 4.69) is 0 Å². The number of carbonyl (C=O) groups is 1. The number of nitriles is 1. The van der Waals surface area contributed by atoms with Gasteiger partial charge in [-0.05, 0) is 33.3 Å². The highest BCUT2D eigenvalue weighted by molar-refractivity contribution is 6.02. The summed E-state index contributed by atoms with van der Waals surface area (Å²) >= 11 is 0. The van der Waals surface area contributed by atoms with Gasteiger partial charge in [0.2, 0.25) is 0 Å². The van der Waals surface area contributed by atoms with E-state index in [0.29, 0.717) is 23.3 Å². The Labute approximate surface area is 162 Å². The van der Waals surface area contributed by atoms with Gasteiger partial charge in [-0.15, -0.1) is 0 Å². The van der Waals surface area contributed by atoms with E-state index in [4.69, 9.17) is 10.00 Å². The number of Topliss-reactive ketones (excluding diaryl/α,β-unsaturated/α-hetero) is 1.